The maximum atomic E-state index is 11.9. The molecule has 2 rings (SSSR count). The molecular weight excluding hydrogens is 246 g/mol. The summed E-state index contributed by atoms with van der Waals surface area (Å²) in [4.78, 5) is 27.2. The van der Waals surface area contributed by atoms with Crippen molar-refractivity contribution in [2.75, 3.05) is 5.32 Å². The average molecular weight is 261 g/mol. The van der Waals surface area contributed by atoms with E-state index in [1.165, 1.54) is 10.5 Å². The summed E-state index contributed by atoms with van der Waals surface area (Å²) in [6.45, 7) is 3.58. The molecule has 2 aromatic rings. The Labute approximate surface area is 109 Å². The predicted octanol–water partition coefficient (Wildman–Crippen LogP) is 1.22. The van der Waals surface area contributed by atoms with Crippen molar-refractivity contribution in [1.82, 2.24) is 9.38 Å². The van der Waals surface area contributed by atoms with Crippen molar-refractivity contribution in [1.29, 1.82) is 0 Å². The van der Waals surface area contributed by atoms with Crippen molar-refractivity contribution in [2.24, 2.45) is 5.92 Å². The number of carbonyl (C=O) groups is 1. The Morgan fingerprint density at radius 2 is 2.16 bits per heavy atom. The molecule has 2 heterocycles. The second kappa shape index (κ2) is 5.09. The number of hydrogen-bond donors (Lipinski definition) is 2. The molecule has 0 saturated heterocycles. The van der Waals surface area contributed by atoms with Gasteiger partial charge in [0.2, 0.25) is 0 Å². The summed E-state index contributed by atoms with van der Waals surface area (Å²) in [5, 5.41) is 11.9. The third kappa shape index (κ3) is 2.73. The Morgan fingerprint density at radius 3 is 2.79 bits per heavy atom. The third-order valence-corrected chi connectivity index (χ3v) is 2.81. The maximum absolute atomic E-state index is 11.9. The van der Waals surface area contributed by atoms with E-state index in [1.807, 2.05) is 0 Å². The topological polar surface area (TPSA) is 83.7 Å². The number of rotatable bonds is 4. The second-order valence-corrected chi connectivity index (χ2v) is 4.61. The molecule has 100 valence electrons. The lowest BCUT2D eigenvalue weighted by atomic mass is 10.1. The van der Waals surface area contributed by atoms with Crippen molar-refractivity contribution in [3.8, 4) is 0 Å². The first-order chi connectivity index (χ1) is 8.99. The van der Waals surface area contributed by atoms with Gasteiger partial charge in [-0.3, -0.25) is 9.20 Å². The lowest BCUT2D eigenvalue weighted by molar-refractivity contribution is -0.138. The van der Waals surface area contributed by atoms with Crippen LogP contribution in [-0.4, -0.2) is 26.5 Å². The Kier molecular flexibility index (Phi) is 3.50. The van der Waals surface area contributed by atoms with Crippen molar-refractivity contribution in [3.05, 3.63) is 40.8 Å². The van der Waals surface area contributed by atoms with Crippen LogP contribution >= 0.6 is 0 Å². The fraction of sp³-hybridized carbons (Fsp3) is 0.308. The van der Waals surface area contributed by atoms with Gasteiger partial charge < -0.3 is 10.4 Å². The SMILES string of the molecule is CC(C)[C@H](Nc1cc(=O)n2ccccc2n1)C(=O)O. The van der Waals surface area contributed by atoms with Gasteiger partial charge in [-0.05, 0) is 18.1 Å². The molecule has 0 bridgehead atoms. The summed E-state index contributed by atoms with van der Waals surface area (Å²) < 4.78 is 1.40. The van der Waals surface area contributed by atoms with E-state index in [-0.39, 0.29) is 17.3 Å². The van der Waals surface area contributed by atoms with Crippen LogP contribution in [0.5, 0.6) is 0 Å². The van der Waals surface area contributed by atoms with Crippen LogP contribution in [0.25, 0.3) is 5.65 Å². The number of aromatic nitrogens is 2. The fourth-order valence-corrected chi connectivity index (χ4v) is 1.80. The number of aliphatic carboxylic acids is 1. The van der Waals surface area contributed by atoms with E-state index >= 15 is 0 Å². The van der Waals surface area contributed by atoms with E-state index in [0.29, 0.717) is 5.65 Å². The van der Waals surface area contributed by atoms with Crippen LogP contribution in [0.15, 0.2) is 35.3 Å². The Bertz CT molecular complexity index is 663. The van der Waals surface area contributed by atoms with E-state index in [9.17, 15) is 9.59 Å². The molecule has 0 aliphatic rings. The molecule has 0 amide bonds. The predicted molar refractivity (Wildman–Crippen MR) is 71.3 cm³/mol. The molecule has 2 N–H and O–H groups in total. The van der Waals surface area contributed by atoms with Gasteiger partial charge in [0.05, 0.1) is 0 Å². The molecule has 0 unspecified atom stereocenters. The lowest BCUT2D eigenvalue weighted by Crippen LogP contribution is -2.35. The second-order valence-electron chi connectivity index (χ2n) is 4.61. The molecular formula is C13H15N3O3. The van der Waals surface area contributed by atoms with Crippen molar-refractivity contribution in [3.63, 3.8) is 0 Å². The normalized spacial score (nSPS) is 12.6. The van der Waals surface area contributed by atoms with E-state index in [4.69, 9.17) is 5.11 Å². The van der Waals surface area contributed by atoms with Gasteiger partial charge in [0.15, 0.2) is 0 Å². The van der Waals surface area contributed by atoms with Gasteiger partial charge in [0.1, 0.15) is 17.5 Å². The van der Waals surface area contributed by atoms with Gasteiger partial charge in [-0.25, -0.2) is 9.78 Å². The van der Waals surface area contributed by atoms with Gasteiger partial charge in [-0.2, -0.15) is 0 Å². The molecule has 1 atom stereocenters. The summed E-state index contributed by atoms with van der Waals surface area (Å²) in [7, 11) is 0. The number of anilines is 1. The van der Waals surface area contributed by atoms with Crippen LogP contribution in [-0.2, 0) is 4.79 Å². The molecule has 6 nitrogen and oxygen atoms in total. The van der Waals surface area contributed by atoms with Crippen LogP contribution in [0.2, 0.25) is 0 Å². The number of pyridine rings is 1. The van der Waals surface area contributed by atoms with Crippen molar-refractivity contribution >= 4 is 17.4 Å². The number of carboxylic acids is 1. The monoisotopic (exact) mass is 261 g/mol. The minimum absolute atomic E-state index is 0.117. The molecule has 0 aliphatic carbocycles. The molecule has 19 heavy (non-hydrogen) atoms. The minimum atomic E-state index is -0.968. The Hall–Kier alpha value is -2.37. The highest BCUT2D eigenvalue weighted by atomic mass is 16.4. The first kappa shape index (κ1) is 13.1. The van der Waals surface area contributed by atoms with Gasteiger partial charge >= 0.3 is 5.97 Å². The third-order valence-electron chi connectivity index (χ3n) is 2.81. The molecule has 0 saturated carbocycles. The number of fused-ring (bicyclic) bond motifs is 1. The van der Waals surface area contributed by atoms with Gasteiger partial charge in [-0.1, -0.05) is 19.9 Å². The van der Waals surface area contributed by atoms with Crippen LogP contribution in [0.1, 0.15) is 13.8 Å². The summed E-state index contributed by atoms with van der Waals surface area (Å²) in [6, 6.07) is 5.71. The first-order valence-corrected chi connectivity index (χ1v) is 5.97. The zero-order chi connectivity index (χ0) is 14.0. The molecule has 6 heteroatoms. The van der Waals surface area contributed by atoms with Crippen LogP contribution in [0.4, 0.5) is 5.82 Å². The van der Waals surface area contributed by atoms with Gasteiger partial charge in [-0.15, -0.1) is 0 Å². The van der Waals surface area contributed by atoms with Gasteiger partial charge in [0, 0.05) is 12.3 Å². The van der Waals surface area contributed by atoms with E-state index in [0.717, 1.165) is 0 Å². The number of carboxylic acid groups (broad SMARTS) is 1. The summed E-state index contributed by atoms with van der Waals surface area (Å²) >= 11 is 0. The standard InChI is InChI=1S/C13H15N3O3/c1-8(2)12(13(18)19)15-9-7-11(17)16-6-4-3-5-10(16)14-9/h3-8,12,15H,1-2H3,(H,18,19)/t12-/m0/s1. The zero-order valence-electron chi connectivity index (χ0n) is 10.7. The molecule has 0 radical (unpaired) electrons. The average Bonchev–Trinajstić information content (AvgIpc) is 2.35. The molecule has 0 spiro atoms. The Balaban J connectivity index is 2.41. The van der Waals surface area contributed by atoms with E-state index in [2.05, 4.69) is 10.3 Å². The first-order valence-electron chi connectivity index (χ1n) is 5.97. The van der Waals surface area contributed by atoms with E-state index in [1.54, 1.807) is 38.2 Å². The van der Waals surface area contributed by atoms with E-state index < -0.39 is 12.0 Å². The highest BCUT2D eigenvalue weighted by molar-refractivity contribution is 5.77. The van der Waals surface area contributed by atoms with Gasteiger partial charge in [0.25, 0.3) is 5.56 Å². The summed E-state index contributed by atoms with van der Waals surface area (Å²) in [5.74, 6) is -0.809. The van der Waals surface area contributed by atoms with Crippen LogP contribution in [0, 0.1) is 5.92 Å². The lowest BCUT2D eigenvalue weighted by Gasteiger charge is -2.18. The largest absolute Gasteiger partial charge is 0.480 e. The van der Waals surface area contributed by atoms with Crippen LogP contribution in [0.3, 0.4) is 0 Å². The Morgan fingerprint density at radius 1 is 1.42 bits per heavy atom. The van der Waals surface area contributed by atoms with Crippen molar-refractivity contribution in [2.45, 2.75) is 19.9 Å². The highest BCUT2D eigenvalue weighted by Gasteiger charge is 2.21. The number of nitrogens with zero attached hydrogens (tertiary/aromatic N) is 2. The molecule has 0 fully saturated rings. The smallest absolute Gasteiger partial charge is 0.326 e. The highest BCUT2D eigenvalue weighted by Crippen LogP contribution is 2.10. The molecule has 0 aliphatic heterocycles. The fourth-order valence-electron chi connectivity index (χ4n) is 1.80. The number of nitrogens with one attached hydrogen (secondary N) is 1. The maximum Gasteiger partial charge on any atom is 0.326 e. The summed E-state index contributed by atoms with van der Waals surface area (Å²) in [5.41, 5.74) is 0.228. The zero-order valence-corrected chi connectivity index (χ0v) is 10.7. The van der Waals surface area contributed by atoms with Crippen LogP contribution < -0.4 is 10.9 Å². The quantitative estimate of drug-likeness (QED) is 0.864. The minimum Gasteiger partial charge on any atom is -0.480 e. The van der Waals surface area contributed by atoms with Crippen molar-refractivity contribution < 1.29 is 9.90 Å². The number of hydrogen-bond acceptors (Lipinski definition) is 4. The summed E-state index contributed by atoms with van der Waals surface area (Å²) in [6.07, 6.45) is 1.62. The molecule has 2 aromatic heterocycles. The molecule has 0 aromatic carbocycles.